The van der Waals surface area contributed by atoms with Crippen molar-refractivity contribution in [2.45, 2.75) is 6.92 Å². The molecule has 6 nitrogen and oxygen atoms in total. The van der Waals surface area contributed by atoms with Crippen LogP contribution in [0.4, 0.5) is 5.69 Å². The highest BCUT2D eigenvalue weighted by molar-refractivity contribution is 5.95. The number of carbonyl (C=O) groups is 1. The van der Waals surface area contributed by atoms with Crippen molar-refractivity contribution in [1.82, 2.24) is 9.38 Å². The second-order valence-electron chi connectivity index (χ2n) is 4.21. The van der Waals surface area contributed by atoms with Gasteiger partial charge < -0.3 is 15.3 Å². The van der Waals surface area contributed by atoms with Crippen LogP contribution in [0.3, 0.4) is 0 Å². The molecule has 0 aliphatic carbocycles. The Hall–Kier alpha value is -2.76. The predicted octanol–water partition coefficient (Wildman–Crippen LogP) is 2.18. The summed E-state index contributed by atoms with van der Waals surface area (Å²) in [4.78, 5) is 15.4. The third-order valence-corrected chi connectivity index (χ3v) is 2.83. The minimum atomic E-state index is -1.10. The second kappa shape index (κ2) is 3.88. The maximum atomic E-state index is 11.2. The van der Waals surface area contributed by atoms with Crippen molar-refractivity contribution in [2.24, 2.45) is 0 Å². The summed E-state index contributed by atoms with van der Waals surface area (Å²) in [5, 5.41) is 9.19. The molecule has 3 aromatic heterocycles. The summed E-state index contributed by atoms with van der Waals surface area (Å²) in [6, 6.07) is 6.82. The molecule has 0 radical (unpaired) electrons. The van der Waals surface area contributed by atoms with E-state index < -0.39 is 5.97 Å². The Morgan fingerprint density at radius 2 is 2.21 bits per heavy atom. The Balaban J connectivity index is 2.34. The van der Waals surface area contributed by atoms with E-state index in [0.717, 1.165) is 5.76 Å². The molecule has 19 heavy (non-hydrogen) atoms. The average molecular weight is 257 g/mol. The van der Waals surface area contributed by atoms with Crippen LogP contribution in [0.1, 0.15) is 16.2 Å². The lowest BCUT2D eigenvalue weighted by Gasteiger charge is -1.99. The topological polar surface area (TPSA) is 93.8 Å². The molecule has 0 unspecified atom stereocenters. The third kappa shape index (κ3) is 1.74. The number of hydrogen-bond acceptors (Lipinski definition) is 4. The number of aryl methyl sites for hydroxylation is 1. The number of pyridine rings is 1. The molecular weight excluding hydrogens is 246 g/mol. The summed E-state index contributed by atoms with van der Waals surface area (Å²) in [5.74, 6) is 0.599. The van der Waals surface area contributed by atoms with Crippen LogP contribution in [0.15, 0.2) is 34.9 Å². The molecule has 96 valence electrons. The number of rotatable bonds is 2. The van der Waals surface area contributed by atoms with Crippen LogP contribution in [-0.2, 0) is 0 Å². The fourth-order valence-electron chi connectivity index (χ4n) is 1.99. The van der Waals surface area contributed by atoms with Gasteiger partial charge in [-0.1, -0.05) is 0 Å². The van der Waals surface area contributed by atoms with Crippen LogP contribution in [0.5, 0.6) is 0 Å². The Morgan fingerprint density at radius 3 is 2.84 bits per heavy atom. The summed E-state index contributed by atoms with van der Waals surface area (Å²) in [6.07, 6.45) is 1.68. The number of nitrogen functional groups attached to an aromatic ring is 1. The van der Waals surface area contributed by atoms with Crippen LogP contribution in [0.2, 0.25) is 0 Å². The number of aromatic nitrogens is 2. The highest BCUT2D eigenvalue weighted by Crippen LogP contribution is 2.25. The van der Waals surface area contributed by atoms with Gasteiger partial charge in [0.1, 0.15) is 5.76 Å². The van der Waals surface area contributed by atoms with Crippen molar-refractivity contribution in [3.63, 3.8) is 0 Å². The monoisotopic (exact) mass is 257 g/mol. The minimum absolute atomic E-state index is 0.0450. The molecule has 0 aliphatic heterocycles. The molecule has 3 N–H and O–H groups in total. The molecule has 0 saturated carbocycles. The maximum Gasteiger partial charge on any atom is 0.356 e. The lowest BCUT2D eigenvalue weighted by atomic mass is 10.3. The molecule has 0 atom stereocenters. The Morgan fingerprint density at radius 1 is 1.42 bits per heavy atom. The van der Waals surface area contributed by atoms with E-state index in [1.54, 1.807) is 34.9 Å². The molecule has 0 fully saturated rings. The van der Waals surface area contributed by atoms with Crippen molar-refractivity contribution < 1.29 is 14.3 Å². The van der Waals surface area contributed by atoms with Crippen LogP contribution < -0.4 is 5.73 Å². The number of carboxylic acids is 1. The molecule has 6 heteroatoms. The Labute approximate surface area is 108 Å². The first-order chi connectivity index (χ1) is 9.06. The zero-order chi connectivity index (χ0) is 13.6. The molecule has 0 aromatic carbocycles. The molecule has 3 rings (SSSR count). The second-order valence-corrected chi connectivity index (χ2v) is 4.21. The first-order valence-corrected chi connectivity index (χ1v) is 5.64. The van der Waals surface area contributed by atoms with E-state index in [2.05, 4.69) is 4.98 Å². The first-order valence-electron chi connectivity index (χ1n) is 5.64. The summed E-state index contributed by atoms with van der Waals surface area (Å²) in [6.45, 7) is 1.81. The number of carboxylic acid groups (broad SMARTS) is 1. The molecule has 3 heterocycles. The lowest BCUT2D eigenvalue weighted by molar-refractivity contribution is 0.0693. The zero-order valence-electron chi connectivity index (χ0n) is 10.1. The van der Waals surface area contributed by atoms with Gasteiger partial charge in [-0.15, -0.1) is 0 Å². The molecule has 0 aliphatic rings. The smallest absolute Gasteiger partial charge is 0.356 e. The van der Waals surface area contributed by atoms with E-state index in [9.17, 15) is 9.90 Å². The number of nitrogens with two attached hydrogens (primary N) is 1. The number of hydrogen-bond donors (Lipinski definition) is 2. The molecule has 0 amide bonds. The SMILES string of the molecule is Cc1ccc(-c2nc(C(=O)O)c3cc(N)ccn23)o1. The standard InChI is InChI=1S/C13H11N3O3/c1-7-2-3-10(19-7)12-15-11(13(17)18)9-6-8(14)4-5-16(9)12/h2-6H,14H2,1H3,(H,17,18). The van der Waals surface area contributed by atoms with Gasteiger partial charge in [0.05, 0.1) is 5.52 Å². The first kappa shape index (κ1) is 11.3. The number of fused-ring (bicyclic) bond motifs is 1. The molecule has 0 bridgehead atoms. The zero-order valence-corrected chi connectivity index (χ0v) is 10.1. The maximum absolute atomic E-state index is 11.2. The molecule has 0 spiro atoms. The third-order valence-electron chi connectivity index (χ3n) is 2.83. The van der Waals surface area contributed by atoms with Gasteiger partial charge in [0.2, 0.25) is 0 Å². The van der Waals surface area contributed by atoms with Gasteiger partial charge in [-0.25, -0.2) is 9.78 Å². The molecular formula is C13H11N3O3. The van der Waals surface area contributed by atoms with Crippen molar-refractivity contribution in [3.8, 4) is 11.6 Å². The van der Waals surface area contributed by atoms with E-state index >= 15 is 0 Å². The summed E-state index contributed by atoms with van der Waals surface area (Å²) in [5.41, 5.74) is 6.57. The van der Waals surface area contributed by atoms with E-state index in [0.29, 0.717) is 22.8 Å². The van der Waals surface area contributed by atoms with Crippen LogP contribution in [0.25, 0.3) is 17.1 Å². The number of anilines is 1. The van der Waals surface area contributed by atoms with Crippen molar-refractivity contribution in [1.29, 1.82) is 0 Å². The van der Waals surface area contributed by atoms with E-state index in [-0.39, 0.29) is 5.69 Å². The van der Waals surface area contributed by atoms with Crippen LogP contribution in [-0.4, -0.2) is 20.5 Å². The van der Waals surface area contributed by atoms with Crippen molar-refractivity contribution in [3.05, 3.63) is 41.9 Å². The predicted molar refractivity (Wildman–Crippen MR) is 69.0 cm³/mol. The Bertz CT molecular complexity index is 786. The summed E-state index contributed by atoms with van der Waals surface area (Å²) < 4.78 is 7.14. The quantitative estimate of drug-likeness (QED) is 0.733. The van der Waals surface area contributed by atoms with Gasteiger partial charge in [-0.05, 0) is 31.2 Å². The summed E-state index contributed by atoms with van der Waals surface area (Å²) in [7, 11) is 0. The van der Waals surface area contributed by atoms with E-state index in [4.69, 9.17) is 10.2 Å². The summed E-state index contributed by atoms with van der Waals surface area (Å²) >= 11 is 0. The van der Waals surface area contributed by atoms with Crippen LogP contribution in [0, 0.1) is 6.92 Å². The highest BCUT2D eigenvalue weighted by Gasteiger charge is 2.19. The van der Waals surface area contributed by atoms with Gasteiger partial charge in [-0.3, -0.25) is 4.40 Å². The highest BCUT2D eigenvalue weighted by atomic mass is 16.4. The largest absolute Gasteiger partial charge is 0.476 e. The number of furan rings is 1. The fourth-order valence-corrected chi connectivity index (χ4v) is 1.99. The van der Waals surface area contributed by atoms with Gasteiger partial charge >= 0.3 is 5.97 Å². The van der Waals surface area contributed by atoms with E-state index in [1.807, 2.05) is 6.92 Å². The average Bonchev–Trinajstić information content (AvgIpc) is 2.92. The van der Waals surface area contributed by atoms with Crippen molar-refractivity contribution in [2.75, 3.05) is 5.73 Å². The van der Waals surface area contributed by atoms with Gasteiger partial charge in [0, 0.05) is 11.9 Å². The number of imidazole rings is 1. The van der Waals surface area contributed by atoms with Gasteiger partial charge in [0.15, 0.2) is 17.3 Å². The van der Waals surface area contributed by atoms with E-state index in [1.165, 1.54) is 0 Å². The van der Waals surface area contributed by atoms with Gasteiger partial charge in [-0.2, -0.15) is 0 Å². The van der Waals surface area contributed by atoms with Crippen LogP contribution >= 0.6 is 0 Å². The van der Waals surface area contributed by atoms with Crippen molar-refractivity contribution >= 4 is 17.2 Å². The number of aromatic carboxylic acids is 1. The minimum Gasteiger partial charge on any atom is -0.476 e. The molecule has 0 saturated heterocycles. The lowest BCUT2D eigenvalue weighted by Crippen LogP contribution is -1.97. The molecule has 3 aromatic rings. The number of nitrogens with zero attached hydrogens (tertiary/aromatic N) is 2. The normalized spacial score (nSPS) is 11.0. The fraction of sp³-hybridized carbons (Fsp3) is 0.0769. The van der Waals surface area contributed by atoms with Gasteiger partial charge in [0.25, 0.3) is 0 Å². The Kier molecular flexibility index (Phi) is 2.31.